The number of hydrogen-bond acceptors (Lipinski definition) is 1. The van der Waals surface area contributed by atoms with Crippen LogP contribution in [0, 0.1) is 0 Å². The molecule has 1 heterocycles. The fourth-order valence-electron chi connectivity index (χ4n) is 9.52. The average molecular weight is 671 g/mol. The van der Waals surface area contributed by atoms with Crippen LogP contribution in [-0.4, -0.2) is 4.57 Å². The largest absolute Gasteiger partial charge is 0.311 e. The van der Waals surface area contributed by atoms with Gasteiger partial charge in [-0.3, -0.25) is 0 Å². The van der Waals surface area contributed by atoms with E-state index in [0.29, 0.717) is 5.92 Å². The van der Waals surface area contributed by atoms with Crippen molar-refractivity contribution in [3.63, 3.8) is 0 Å². The second kappa shape index (κ2) is 11.3. The highest BCUT2D eigenvalue weighted by atomic mass is 15.1. The Labute approximate surface area is 307 Å². The van der Waals surface area contributed by atoms with Crippen LogP contribution < -0.4 is 4.90 Å². The van der Waals surface area contributed by atoms with Gasteiger partial charge in [0.25, 0.3) is 0 Å². The summed E-state index contributed by atoms with van der Waals surface area (Å²) in [4.78, 5) is 2.50. The van der Waals surface area contributed by atoms with Gasteiger partial charge in [0.05, 0.1) is 11.2 Å². The van der Waals surface area contributed by atoms with E-state index in [2.05, 4.69) is 201 Å². The first kappa shape index (κ1) is 30.9. The van der Waals surface area contributed by atoms with Crippen molar-refractivity contribution >= 4 is 22.3 Å². The van der Waals surface area contributed by atoms with E-state index in [9.17, 15) is 0 Å². The van der Waals surface area contributed by atoms with Crippen molar-refractivity contribution in [1.82, 2.24) is 4.57 Å². The number of rotatable bonds is 5. The van der Waals surface area contributed by atoms with Crippen molar-refractivity contribution < 1.29 is 0 Å². The van der Waals surface area contributed by atoms with Gasteiger partial charge in [-0.25, -0.2) is 0 Å². The van der Waals surface area contributed by atoms with Crippen molar-refractivity contribution in [2.75, 3.05) is 4.90 Å². The molecular formula is C50H42N2. The van der Waals surface area contributed by atoms with E-state index >= 15 is 0 Å². The second-order valence-electron chi connectivity index (χ2n) is 15.7. The molecule has 0 fully saturated rings. The maximum atomic E-state index is 2.50. The van der Waals surface area contributed by atoms with Crippen molar-refractivity contribution in [2.45, 2.75) is 50.9 Å². The molecule has 0 saturated heterocycles. The zero-order chi connectivity index (χ0) is 35.2. The van der Waals surface area contributed by atoms with Crippen LogP contribution in [0.15, 0.2) is 170 Å². The van der Waals surface area contributed by atoms with Crippen LogP contribution in [0.4, 0.5) is 11.4 Å². The number of hydrogen-bond donors (Lipinski definition) is 0. The number of aromatic nitrogens is 1. The first-order chi connectivity index (χ1) is 25.3. The van der Waals surface area contributed by atoms with Crippen molar-refractivity contribution in [1.29, 1.82) is 0 Å². The van der Waals surface area contributed by atoms with Gasteiger partial charge in [-0.1, -0.05) is 143 Å². The first-order valence-corrected chi connectivity index (χ1v) is 18.6. The van der Waals surface area contributed by atoms with E-state index < -0.39 is 0 Å². The molecule has 1 atom stereocenters. The van der Waals surface area contributed by atoms with E-state index in [4.69, 9.17) is 0 Å². The highest BCUT2D eigenvalue weighted by Crippen LogP contribution is 2.55. The second-order valence-corrected chi connectivity index (χ2v) is 15.7. The highest BCUT2D eigenvalue weighted by molar-refractivity contribution is 6.01. The smallest absolute Gasteiger partial charge is 0.0585 e. The van der Waals surface area contributed by atoms with Crippen molar-refractivity contribution in [3.05, 3.63) is 197 Å². The summed E-state index contributed by atoms with van der Waals surface area (Å²) in [5, 5.41) is 1.30. The SMILES string of the molecule is CC1(C)c2ccccc2-c2ccc(N(C3=CCC(c4ccccc4)C=C3)c3ccc4c(c3)c3c(n4-c4ccccc4)-c4ccccc4C3(C)C)cc21. The molecule has 7 aromatic rings. The summed E-state index contributed by atoms with van der Waals surface area (Å²) in [6.45, 7) is 9.54. The Hall–Kier alpha value is -5.86. The van der Waals surface area contributed by atoms with E-state index in [0.717, 1.165) is 6.42 Å². The third kappa shape index (κ3) is 4.43. The van der Waals surface area contributed by atoms with Crippen molar-refractivity contribution in [2.24, 2.45) is 0 Å². The summed E-state index contributed by atoms with van der Waals surface area (Å²) < 4.78 is 2.49. The molecule has 2 nitrogen and oxygen atoms in total. The third-order valence-corrected chi connectivity index (χ3v) is 12.1. The van der Waals surface area contributed by atoms with Gasteiger partial charge < -0.3 is 9.47 Å². The van der Waals surface area contributed by atoms with Crippen molar-refractivity contribution in [3.8, 4) is 28.1 Å². The molecule has 0 saturated carbocycles. The maximum Gasteiger partial charge on any atom is 0.0585 e. The molecule has 0 aliphatic heterocycles. The summed E-state index contributed by atoms with van der Waals surface area (Å²) in [5.74, 6) is 0.366. The van der Waals surface area contributed by atoms with Gasteiger partial charge in [0.2, 0.25) is 0 Å². The van der Waals surface area contributed by atoms with Crippen LogP contribution >= 0.6 is 0 Å². The first-order valence-electron chi connectivity index (χ1n) is 18.6. The Bertz CT molecular complexity index is 2600. The number of benzene rings is 6. The summed E-state index contributed by atoms with van der Waals surface area (Å²) in [6.07, 6.45) is 8.14. The molecule has 3 aliphatic rings. The number of para-hydroxylation sites is 1. The number of fused-ring (bicyclic) bond motifs is 8. The summed E-state index contributed by atoms with van der Waals surface area (Å²) in [5.41, 5.74) is 18.0. The summed E-state index contributed by atoms with van der Waals surface area (Å²) in [7, 11) is 0. The zero-order valence-corrected chi connectivity index (χ0v) is 30.3. The molecule has 2 heteroatoms. The topological polar surface area (TPSA) is 8.17 Å². The van der Waals surface area contributed by atoms with E-state index in [1.807, 2.05) is 0 Å². The third-order valence-electron chi connectivity index (χ3n) is 12.1. The molecule has 252 valence electrons. The van der Waals surface area contributed by atoms with Crippen LogP contribution in [0.1, 0.15) is 67.9 Å². The quantitative estimate of drug-likeness (QED) is 0.177. The number of anilines is 2. The molecule has 0 N–H and O–H groups in total. The highest BCUT2D eigenvalue weighted by Gasteiger charge is 2.41. The van der Waals surface area contributed by atoms with Gasteiger partial charge >= 0.3 is 0 Å². The minimum atomic E-state index is -0.149. The zero-order valence-electron chi connectivity index (χ0n) is 30.3. The predicted molar refractivity (Wildman–Crippen MR) is 218 cm³/mol. The fourth-order valence-corrected chi connectivity index (χ4v) is 9.52. The van der Waals surface area contributed by atoms with Crippen LogP contribution in [0.25, 0.3) is 39.0 Å². The average Bonchev–Trinajstić information content (AvgIpc) is 3.74. The molecule has 1 unspecified atom stereocenters. The standard InChI is InChI=1S/C50H42N2/c1-49(2)43-21-13-11-19-39(43)40-29-27-38(32-45(40)49)51(36-25-23-34(24-26-36)33-15-7-5-8-16-33)37-28-30-46-42(31-37)47-48(52(46)35-17-9-6-10-18-35)41-20-12-14-22-44(41)50(47,3)4/h5-23,25-32,34H,24H2,1-4H3. The van der Waals surface area contributed by atoms with Gasteiger partial charge in [-0.05, 0) is 93.9 Å². The van der Waals surface area contributed by atoms with Gasteiger partial charge in [-0.15, -0.1) is 0 Å². The summed E-state index contributed by atoms with van der Waals surface area (Å²) >= 11 is 0. The van der Waals surface area contributed by atoms with Gasteiger partial charge in [0, 0.05) is 50.5 Å². The summed E-state index contributed by atoms with van der Waals surface area (Å²) in [6, 6.07) is 54.0. The monoisotopic (exact) mass is 670 g/mol. The molecule has 0 amide bonds. The van der Waals surface area contributed by atoms with Gasteiger partial charge in [-0.2, -0.15) is 0 Å². The van der Waals surface area contributed by atoms with Crippen LogP contribution in [0.5, 0.6) is 0 Å². The van der Waals surface area contributed by atoms with Gasteiger partial charge in [0.15, 0.2) is 0 Å². The minimum absolute atomic E-state index is 0.0870. The Morgan fingerprint density at radius 3 is 1.92 bits per heavy atom. The molecule has 3 aliphatic carbocycles. The molecule has 0 spiro atoms. The normalized spacial score (nSPS) is 17.3. The minimum Gasteiger partial charge on any atom is -0.311 e. The lowest BCUT2D eigenvalue weighted by Gasteiger charge is -2.31. The molecule has 52 heavy (non-hydrogen) atoms. The Morgan fingerprint density at radius 1 is 0.577 bits per heavy atom. The van der Waals surface area contributed by atoms with Crippen LogP contribution in [0.3, 0.4) is 0 Å². The molecule has 0 radical (unpaired) electrons. The lowest BCUT2D eigenvalue weighted by Crippen LogP contribution is -2.19. The number of allylic oxidation sites excluding steroid dienone is 3. The molecule has 6 aromatic carbocycles. The van der Waals surface area contributed by atoms with E-state index in [-0.39, 0.29) is 10.8 Å². The number of nitrogens with zero attached hydrogens (tertiary/aromatic N) is 2. The molecule has 0 bridgehead atoms. The predicted octanol–water partition coefficient (Wildman–Crippen LogP) is 13.0. The lowest BCUT2D eigenvalue weighted by atomic mass is 9.81. The Balaban J connectivity index is 1.18. The maximum absolute atomic E-state index is 2.50. The molecular weight excluding hydrogens is 629 g/mol. The fraction of sp³-hybridized carbons (Fsp3) is 0.160. The van der Waals surface area contributed by atoms with Crippen LogP contribution in [-0.2, 0) is 10.8 Å². The molecule has 1 aromatic heterocycles. The molecule has 10 rings (SSSR count). The van der Waals surface area contributed by atoms with Gasteiger partial charge in [0.1, 0.15) is 0 Å². The van der Waals surface area contributed by atoms with E-state index in [1.54, 1.807) is 0 Å². The van der Waals surface area contributed by atoms with E-state index in [1.165, 1.54) is 83.9 Å². The lowest BCUT2D eigenvalue weighted by molar-refractivity contribution is 0.660. The Morgan fingerprint density at radius 2 is 1.19 bits per heavy atom. The van der Waals surface area contributed by atoms with Crippen LogP contribution in [0.2, 0.25) is 0 Å². The Kier molecular flexibility index (Phi) is 6.73.